The predicted octanol–water partition coefficient (Wildman–Crippen LogP) is 4.51. The first-order valence-electron chi connectivity index (χ1n) is 8.09. The van der Waals surface area contributed by atoms with E-state index in [0.29, 0.717) is 22.8 Å². The number of aromatic carboxylic acids is 1. The van der Waals surface area contributed by atoms with Crippen molar-refractivity contribution in [1.82, 2.24) is 0 Å². The lowest BCUT2D eigenvalue weighted by molar-refractivity contribution is 0.0655. The minimum Gasteiger partial charge on any atom is -0.483 e. The van der Waals surface area contributed by atoms with Crippen LogP contribution < -0.4 is 10.1 Å². The third-order valence-electron chi connectivity index (χ3n) is 3.77. The Hall–Kier alpha value is -3.61. The fraction of sp³-hybridized carbons (Fsp3) is 0.100. The Morgan fingerprint density at radius 3 is 2.30 bits per heavy atom. The fourth-order valence-electron chi connectivity index (χ4n) is 2.37. The Labute approximate surface area is 154 Å². The number of amides is 1. The molecule has 0 aliphatic carbocycles. The van der Waals surface area contributed by atoms with Crippen LogP contribution in [-0.2, 0) is 0 Å². The monoisotopic (exact) mass is 369 g/mol. The van der Waals surface area contributed by atoms with Gasteiger partial charge in [-0.25, -0.2) is 9.18 Å². The third-order valence-corrected chi connectivity index (χ3v) is 3.77. The molecule has 3 aromatic rings. The van der Waals surface area contributed by atoms with Crippen LogP contribution >= 0.6 is 0 Å². The second-order valence-corrected chi connectivity index (χ2v) is 5.75. The number of rotatable bonds is 6. The second kappa shape index (κ2) is 7.74. The third kappa shape index (κ3) is 4.52. The minimum atomic E-state index is -1.15. The van der Waals surface area contributed by atoms with Gasteiger partial charge in [-0.2, -0.15) is 0 Å². The van der Waals surface area contributed by atoms with E-state index in [1.807, 2.05) is 0 Å². The van der Waals surface area contributed by atoms with Gasteiger partial charge in [-0.05, 0) is 67.6 Å². The quantitative estimate of drug-likeness (QED) is 0.667. The van der Waals surface area contributed by atoms with Gasteiger partial charge in [-0.15, -0.1) is 0 Å². The molecule has 0 saturated carbocycles. The van der Waals surface area contributed by atoms with E-state index in [1.165, 1.54) is 30.3 Å². The smallest absolute Gasteiger partial charge is 0.371 e. The van der Waals surface area contributed by atoms with E-state index in [9.17, 15) is 14.0 Å². The Bertz CT molecular complexity index is 947. The summed E-state index contributed by atoms with van der Waals surface area (Å²) in [5, 5.41) is 11.5. The number of benzene rings is 2. The lowest BCUT2D eigenvalue weighted by atomic mass is 10.2. The summed E-state index contributed by atoms with van der Waals surface area (Å²) in [6, 6.07) is 14.8. The molecule has 2 N–H and O–H groups in total. The lowest BCUT2D eigenvalue weighted by Crippen LogP contribution is -2.11. The standard InChI is InChI=1S/C20H16FNO5/c1-12(17-10-11-18(27-17)20(24)25)26-16-8-2-13(3-9-16)19(23)22-15-6-4-14(21)5-7-15/h2-12H,1H3,(H,22,23)(H,24,25). The van der Waals surface area contributed by atoms with Crippen LogP contribution in [0.15, 0.2) is 65.1 Å². The Balaban J connectivity index is 1.62. The molecule has 1 amide bonds. The highest BCUT2D eigenvalue weighted by Gasteiger charge is 2.16. The maximum Gasteiger partial charge on any atom is 0.371 e. The van der Waals surface area contributed by atoms with Crippen LogP contribution in [0.3, 0.4) is 0 Å². The first kappa shape index (κ1) is 18.2. The number of carboxylic acids is 1. The Morgan fingerprint density at radius 2 is 1.70 bits per heavy atom. The number of anilines is 1. The molecule has 1 heterocycles. The van der Waals surface area contributed by atoms with E-state index < -0.39 is 12.1 Å². The van der Waals surface area contributed by atoms with Crippen LogP contribution in [0.5, 0.6) is 5.75 Å². The summed E-state index contributed by atoms with van der Waals surface area (Å²) in [4.78, 5) is 23.1. The molecule has 0 radical (unpaired) electrons. The maximum atomic E-state index is 12.9. The average molecular weight is 369 g/mol. The molecule has 138 valence electrons. The Morgan fingerprint density at radius 1 is 1.04 bits per heavy atom. The van der Waals surface area contributed by atoms with E-state index >= 15 is 0 Å². The number of halogens is 1. The molecule has 0 bridgehead atoms. The van der Waals surface area contributed by atoms with Crippen LogP contribution in [-0.4, -0.2) is 17.0 Å². The molecule has 0 aliphatic heterocycles. The number of ether oxygens (including phenoxy) is 1. The molecule has 0 spiro atoms. The summed E-state index contributed by atoms with van der Waals surface area (Å²) in [6.07, 6.45) is -0.503. The highest BCUT2D eigenvalue weighted by molar-refractivity contribution is 6.04. The van der Waals surface area contributed by atoms with Crippen molar-refractivity contribution >= 4 is 17.6 Å². The molecule has 0 fully saturated rings. The first-order chi connectivity index (χ1) is 12.9. The molecule has 7 heteroatoms. The van der Waals surface area contributed by atoms with Gasteiger partial charge in [0.05, 0.1) is 0 Å². The van der Waals surface area contributed by atoms with E-state index in [0.717, 1.165) is 0 Å². The number of hydrogen-bond donors (Lipinski definition) is 2. The van der Waals surface area contributed by atoms with E-state index in [2.05, 4.69) is 5.32 Å². The Kier molecular flexibility index (Phi) is 5.21. The summed E-state index contributed by atoms with van der Waals surface area (Å²) in [5.74, 6) is -1.15. The molecule has 0 aliphatic rings. The molecule has 1 aromatic heterocycles. The van der Waals surface area contributed by atoms with Gasteiger partial charge in [0.15, 0.2) is 6.10 Å². The van der Waals surface area contributed by atoms with Crippen molar-refractivity contribution in [3.8, 4) is 5.75 Å². The lowest BCUT2D eigenvalue weighted by Gasteiger charge is -2.13. The number of carboxylic acid groups (broad SMARTS) is 1. The van der Waals surface area contributed by atoms with Crippen LogP contribution in [0.2, 0.25) is 0 Å². The molecule has 27 heavy (non-hydrogen) atoms. The summed E-state index contributed by atoms with van der Waals surface area (Å²) in [7, 11) is 0. The summed E-state index contributed by atoms with van der Waals surface area (Å²) >= 11 is 0. The maximum absolute atomic E-state index is 12.9. The number of furan rings is 1. The van der Waals surface area contributed by atoms with Crippen molar-refractivity contribution in [2.45, 2.75) is 13.0 Å². The zero-order chi connectivity index (χ0) is 19.4. The molecular weight excluding hydrogens is 353 g/mol. The predicted molar refractivity (Wildman–Crippen MR) is 95.5 cm³/mol. The van der Waals surface area contributed by atoms with Crippen molar-refractivity contribution in [2.75, 3.05) is 5.32 Å². The van der Waals surface area contributed by atoms with Gasteiger partial charge < -0.3 is 19.6 Å². The highest BCUT2D eigenvalue weighted by atomic mass is 19.1. The molecule has 2 aromatic carbocycles. The molecular formula is C20H16FNO5. The molecule has 1 atom stereocenters. The molecule has 3 rings (SSSR count). The van der Waals surface area contributed by atoms with E-state index in [-0.39, 0.29) is 17.5 Å². The average Bonchev–Trinajstić information content (AvgIpc) is 3.15. The van der Waals surface area contributed by atoms with E-state index in [4.69, 9.17) is 14.3 Å². The van der Waals surface area contributed by atoms with Gasteiger partial charge in [-0.3, -0.25) is 4.79 Å². The topological polar surface area (TPSA) is 88.8 Å². The van der Waals surface area contributed by atoms with Crippen LogP contribution in [0, 0.1) is 5.82 Å². The zero-order valence-electron chi connectivity index (χ0n) is 14.3. The normalized spacial score (nSPS) is 11.6. The van der Waals surface area contributed by atoms with Crippen LogP contribution in [0.25, 0.3) is 0 Å². The van der Waals surface area contributed by atoms with Crippen molar-refractivity contribution in [3.05, 3.63) is 83.6 Å². The zero-order valence-corrected chi connectivity index (χ0v) is 14.3. The van der Waals surface area contributed by atoms with Crippen LogP contribution in [0.1, 0.15) is 39.7 Å². The van der Waals surface area contributed by atoms with Crippen molar-refractivity contribution in [2.24, 2.45) is 0 Å². The number of carbonyl (C=O) groups excluding carboxylic acids is 1. The SMILES string of the molecule is CC(Oc1ccc(C(=O)Nc2ccc(F)cc2)cc1)c1ccc(C(=O)O)o1. The summed E-state index contributed by atoms with van der Waals surface area (Å²) < 4.78 is 23.8. The van der Waals surface area contributed by atoms with E-state index in [1.54, 1.807) is 37.3 Å². The van der Waals surface area contributed by atoms with Crippen molar-refractivity contribution in [1.29, 1.82) is 0 Å². The number of hydrogen-bond acceptors (Lipinski definition) is 4. The van der Waals surface area contributed by atoms with Crippen LogP contribution in [0.4, 0.5) is 10.1 Å². The summed E-state index contributed by atoms with van der Waals surface area (Å²) in [5.41, 5.74) is 0.896. The molecule has 0 saturated heterocycles. The minimum absolute atomic E-state index is 0.159. The largest absolute Gasteiger partial charge is 0.483 e. The molecule has 1 unspecified atom stereocenters. The van der Waals surface area contributed by atoms with Gasteiger partial charge in [0.2, 0.25) is 5.76 Å². The number of nitrogens with one attached hydrogen (secondary N) is 1. The molecule has 6 nitrogen and oxygen atoms in total. The van der Waals surface area contributed by atoms with Gasteiger partial charge in [0.25, 0.3) is 5.91 Å². The van der Waals surface area contributed by atoms with Gasteiger partial charge >= 0.3 is 5.97 Å². The fourth-order valence-corrected chi connectivity index (χ4v) is 2.37. The first-order valence-corrected chi connectivity index (χ1v) is 8.09. The van der Waals surface area contributed by atoms with Gasteiger partial charge in [0.1, 0.15) is 17.3 Å². The summed E-state index contributed by atoms with van der Waals surface area (Å²) in [6.45, 7) is 1.72. The van der Waals surface area contributed by atoms with Gasteiger partial charge in [-0.1, -0.05) is 0 Å². The number of carbonyl (C=O) groups is 2. The second-order valence-electron chi connectivity index (χ2n) is 5.75. The van der Waals surface area contributed by atoms with Gasteiger partial charge in [0, 0.05) is 11.3 Å². The van der Waals surface area contributed by atoms with Crippen molar-refractivity contribution < 1.29 is 28.2 Å². The van der Waals surface area contributed by atoms with Crippen molar-refractivity contribution in [3.63, 3.8) is 0 Å². The highest BCUT2D eigenvalue weighted by Crippen LogP contribution is 2.24.